The summed E-state index contributed by atoms with van der Waals surface area (Å²) in [5, 5.41) is 0. The van der Waals surface area contributed by atoms with Crippen molar-refractivity contribution in [2.75, 3.05) is 39.3 Å². The fourth-order valence-corrected chi connectivity index (χ4v) is 3.86. The summed E-state index contributed by atoms with van der Waals surface area (Å²) < 4.78 is 6.63. The summed E-state index contributed by atoms with van der Waals surface area (Å²) in [5.74, 6) is 0.166. The van der Waals surface area contributed by atoms with Crippen LogP contribution in [0.25, 0.3) is 0 Å². The standard InChI is InChI=1S/C14H22BrN3O2S/c1-2-18(9-12-3-4-13(15)21-12)14(19)10-17-5-6-20-11(7-16)8-17/h3-4,11H,2,5-10,16H2,1H3. The van der Waals surface area contributed by atoms with Gasteiger partial charge in [0, 0.05) is 31.1 Å². The number of ether oxygens (including phenoxy) is 1. The molecule has 0 radical (unpaired) electrons. The Labute approximate surface area is 138 Å². The van der Waals surface area contributed by atoms with Crippen LogP contribution in [0.4, 0.5) is 0 Å². The Morgan fingerprint density at radius 1 is 1.62 bits per heavy atom. The second-order valence-electron chi connectivity index (χ2n) is 5.08. The molecule has 2 N–H and O–H groups in total. The third-order valence-electron chi connectivity index (χ3n) is 3.55. The first-order valence-electron chi connectivity index (χ1n) is 7.18. The van der Waals surface area contributed by atoms with E-state index < -0.39 is 0 Å². The number of rotatable bonds is 6. The number of nitrogens with zero attached hydrogens (tertiary/aromatic N) is 2. The summed E-state index contributed by atoms with van der Waals surface area (Å²) in [6.07, 6.45) is 0.0508. The van der Waals surface area contributed by atoms with Gasteiger partial charge in [-0.05, 0) is 35.0 Å². The minimum atomic E-state index is 0.0508. The maximum atomic E-state index is 12.5. The van der Waals surface area contributed by atoms with Crippen LogP contribution in [-0.4, -0.2) is 61.1 Å². The molecule has 1 aliphatic heterocycles. The molecule has 0 aliphatic carbocycles. The third kappa shape index (κ3) is 5.03. The van der Waals surface area contributed by atoms with Crippen molar-refractivity contribution in [2.45, 2.75) is 19.6 Å². The zero-order valence-corrected chi connectivity index (χ0v) is 14.7. The predicted molar refractivity (Wildman–Crippen MR) is 88.3 cm³/mol. The fraction of sp³-hybridized carbons (Fsp3) is 0.643. The van der Waals surface area contributed by atoms with Gasteiger partial charge in [0.15, 0.2) is 0 Å². The normalized spacial score (nSPS) is 19.7. The second kappa shape index (κ2) is 8.24. The van der Waals surface area contributed by atoms with Crippen LogP contribution >= 0.6 is 27.3 Å². The molecule has 1 aromatic rings. The Kier molecular flexibility index (Phi) is 6.63. The van der Waals surface area contributed by atoms with Crippen molar-refractivity contribution in [1.29, 1.82) is 0 Å². The highest BCUT2D eigenvalue weighted by Crippen LogP contribution is 2.23. The third-order valence-corrected chi connectivity index (χ3v) is 5.16. The summed E-state index contributed by atoms with van der Waals surface area (Å²) in [5.41, 5.74) is 5.64. The van der Waals surface area contributed by atoms with Gasteiger partial charge in [0.25, 0.3) is 0 Å². The van der Waals surface area contributed by atoms with E-state index in [0.717, 1.165) is 23.4 Å². The number of nitrogens with two attached hydrogens (primary N) is 1. The van der Waals surface area contributed by atoms with Crippen LogP contribution < -0.4 is 5.73 Å². The summed E-state index contributed by atoms with van der Waals surface area (Å²) >= 11 is 5.13. The van der Waals surface area contributed by atoms with Gasteiger partial charge >= 0.3 is 0 Å². The van der Waals surface area contributed by atoms with E-state index in [1.165, 1.54) is 4.88 Å². The molecular weight excluding hydrogens is 354 g/mol. The van der Waals surface area contributed by atoms with Crippen LogP contribution in [0, 0.1) is 0 Å². The van der Waals surface area contributed by atoms with Gasteiger partial charge < -0.3 is 15.4 Å². The van der Waals surface area contributed by atoms with Crippen LogP contribution in [0.1, 0.15) is 11.8 Å². The van der Waals surface area contributed by atoms with Crippen molar-refractivity contribution in [3.8, 4) is 0 Å². The smallest absolute Gasteiger partial charge is 0.237 e. The van der Waals surface area contributed by atoms with Crippen LogP contribution in [0.15, 0.2) is 15.9 Å². The molecule has 118 valence electrons. The Balaban J connectivity index is 1.87. The molecule has 1 fully saturated rings. The highest BCUT2D eigenvalue weighted by atomic mass is 79.9. The Morgan fingerprint density at radius 2 is 2.43 bits per heavy atom. The Hall–Kier alpha value is -0.470. The van der Waals surface area contributed by atoms with Crippen LogP contribution in [0.2, 0.25) is 0 Å². The molecule has 5 nitrogen and oxygen atoms in total. The molecule has 1 aromatic heterocycles. The minimum absolute atomic E-state index is 0.0508. The molecular formula is C14H22BrN3O2S. The molecule has 1 aliphatic rings. The quantitative estimate of drug-likeness (QED) is 0.818. The highest BCUT2D eigenvalue weighted by molar-refractivity contribution is 9.11. The van der Waals surface area contributed by atoms with E-state index in [1.54, 1.807) is 11.3 Å². The van der Waals surface area contributed by atoms with Gasteiger partial charge in [-0.15, -0.1) is 11.3 Å². The van der Waals surface area contributed by atoms with E-state index in [0.29, 0.717) is 26.2 Å². The lowest BCUT2D eigenvalue weighted by molar-refractivity contribution is -0.134. The topological polar surface area (TPSA) is 58.8 Å². The molecule has 7 heteroatoms. The first-order valence-corrected chi connectivity index (χ1v) is 8.79. The zero-order chi connectivity index (χ0) is 15.2. The van der Waals surface area contributed by atoms with Gasteiger partial charge in [0.2, 0.25) is 5.91 Å². The molecule has 1 saturated heterocycles. The summed E-state index contributed by atoms with van der Waals surface area (Å²) in [4.78, 5) is 17.7. The lowest BCUT2D eigenvalue weighted by Gasteiger charge is -2.33. The van der Waals surface area contributed by atoms with Gasteiger partial charge in [0.1, 0.15) is 0 Å². The lowest BCUT2D eigenvalue weighted by atomic mass is 10.2. The van der Waals surface area contributed by atoms with Crippen molar-refractivity contribution in [2.24, 2.45) is 5.73 Å². The second-order valence-corrected chi connectivity index (χ2v) is 7.62. The Morgan fingerprint density at radius 3 is 3.05 bits per heavy atom. The highest BCUT2D eigenvalue weighted by Gasteiger charge is 2.23. The van der Waals surface area contributed by atoms with Crippen molar-refractivity contribution < 1.29 is 9.53 Å². The molecule has 21 heavy (non-hydrogen) atoms. The van der Waals surface area contributed by atoms with E-state index in [1.807, 2.05) is 17.9 Å². The molecule has 0 aromatic carbocycles. The Bertz CT molecular complexity index is 469. The van der Waals surface area contributed by atoms with Gasteiger partial charge in [0.05, 0.1) is 29.6 Å². The molecule has 2 rings (SSSR count). The summed E-state index contributed by atoms with van der Waals surface area (Å²) in [7, 11) is 0. The zero-order valence-electron chi connectivity index (χ0n) is 12.3. The van der Waals surface area contributed by atoms with Crippen LogP contribution in [0.5, 0.6) is 0 Å². The number of amides is 1. The van der Waals surface area contributed by atoms with E-state index in [2.05, 4.69) is 26.9 Å². The van der Waals surface area contributed by atoms with Crippen molar-refractivity contribution in [3.05, 3.63) is 20.8 Å². The number of thiophene rings is 1. The first-order chi connectivity index (χ1) is 10.1. The van der Waals surface area contributed by atoms with Crippen LogP contribution in [-0.2, 0) is 16.1 Å². The SMILES string of the molecule is CCN(Cc1ccc(Br)s1)C(=O)CN1CCOC(CN)C1. The number of halogens is 1. The average molecular weight is 376 g/mol. The van der Waals surface area contributed by atoms with Crippen LogP contribution in [0.3, 0.4) is 0 Å². The molecule has 2 heterocycles. The van der Waals surface area contributed by atoms with E-state index in [-0.39, 0.29) is 12.0 Å². The van der Waals surface area contributed by atoms with E-state index in [4.69, 9.17) is 10.5 Å². The molecule has 1 unspecified atom stereocenters. The first kappa shape index (κ1) is 16.9. The van der Waals surface area contributed by atoms with Gasteiger partial charge in [-0.3, -0.25) is 9.69 Å². The van der Waals surface area contributed by atoms with E-state index >= 15 is 0 Å². The largest absolute Gasteiger partial charge is 0.374 e. The van der Waals surface area contributed by atoms with Crippen molar-refractivity contribution >= 4 is 33.2 Å². The monoisotopic (exact) mass is 375 g/mol. The molecule has 0 bridgehead atoms. The maximum Gasteiger partial charge on any atom is 0.237 e. The van der Waals surface area contributed by atoms with E-state index in [9.17, 15) is 4.79 Å². The maximum absolute atomic E-state index is 12.5. The summed E-state index contributed by atoms with van der Waals surface area (Å²) in [6.45, 7) is 6.55. The lowest BCUT2D eigenvalue weighted by Crippen LogP contribution is -2.49. The minimum Gasteiger partial charge on any atom is -0.374 e. The molecule has 0 spiro atoms. The average Bonchev–Trinajstić information content (AvgIpc) is 2.90. The number of morpholine rings is 1. The van der Waals surface area contributed by atoms with Gasteiger partial charge in [-0.2, -0.15) is 0 Å². The van der Waals surface area contributed by atoms with Gasteiger partial charge in [-0.25, -0.2) is 0 Å². The number of hydrogen-bond acceptors (Lipinski definition) is 5. The molecule has 1 atom stereocenters. The fourth-order valence-electron chi connectivity index (χ4n) is 2.36. The number of carbonyl (C=O) groups excluding carboxylic acids is 1. The molecule has 0 saturated carbocycles. The van der Waals surface area contributed by atoms with Crippen molar-refractivity contribution in [1.82, 2.24) is 9.80 Å². The van der Waals surface area contributed by atoms with Gasteiger partial charge in [-0.1, -0.05) is 0 Å². The molecule has 1 amide bonds. The summed E-state index contributed by atoms with van der Waals surface area (Å²) in [6, 6.07) is 4.08. The number of likely N-dealkylation sites (N-methyl/N-ethyl adjacent to an activating group) is 1. The predicted octanol–water partition coefficient (Wildman–Crippen LogP) is 1.52. The van der Waals surface area contributed by atoms with Crippen molar-refractivity contribution in [3.63, 3.8) is 0 Å². The number of carbonyl (C=O) groups is 1. The number of hydrogen-bond donors (Lipinski definition) is 1.